The minimum atomic E-state index is -0.690. The molecule has 1 atom stereocenters. The molecule has 0 bridgehead atoms. The summed E-state index contributed by atoms with van der Waals surface area (Å²) in [4.78, 5) is 25.0. The molecule has 0 spiro atoms. The maximum Gasteiger partial charge on any atom is 0.265 e. The summed E-state index contributed by atoms with van der Waals surface area (Å²) in [5.74, 6) is 0.341. The predicted molar refractivity (Wildman–Crippen MR) is 87.5 cm³/mol. The number of allylic oxidation sites excluding steroid dienone is 4. The highest BCUT2D eigenvalue weighted by atomic mass is 79.9. The first-order valence-electron chi connectivity index (χ1n) is 7.73. The van der Waals surface area contributed by atoms with Crippen molar-refractivity contribution in [1.29, 1.82) is 0 Å². The van der Waals surface area contributed by atoms with Gasteiger partial charge in [-0.05, 0) is 62.8 Å². The molecule has 0 saturated heterocycles. The number of amides is 1. The average Bonchev–Trinajstić information content (AvgIpc) is 2.93. The molecule has 118 valence electrons. The molecule has 0 radical (unpaired) electrons. The number of halogens is 1. The molecule has 1 N–H and O–H groups in total. The number of fused-ring (bicyclic) bond motifs is 1. The van der Waals surface area contributed by atoms with E-state index >= 15 is 0 Å². The van der Waals surface area contributed by atoms with Crippen LogP contribution in [0.2, 0.25) is 0 Å². The molecule has 2 aliphatic carbocycles. The summed E-state index contributed by atoms with van der Waals surface area (Å²) in [6, 6.07) is 0.205. The Balaban J connectivity index is 1.68. The molecular formula is C17H20BrNO3. The molecule has 0 aromatic rings. The Morgan fingerprint density at radius 2 is 1.95 bits per heavy atom. The number of ether oxygens (including phenoxy) is 1. The van der Waals surface area contributed by atoms with Crippen LogP contribution >= 0.6 is 15.9 Å². The lowest BCUT2D eigenvalue weighted by Gasteiger charge is -2.26. The molecule has 1 fully saturated rings. The Morgan fingerprint density at radius 1 is 1.27 bits per heavy atom. The smallest absolute Gasteiger partial charge is 0.265 e. The van der Waals surface area contributed by atoms with Crippen LogP contribution in [0.5, 0.6) is 0 Å². The van der Waals surface area contributed by atoms with Crippen molar-refractivity contribution in [3.8, 4) is 0 Å². The van der Waals surface area contributed by atoms with Gasteiger partial charge in [-0.2, -0.15) is 0 Å². The van der Waals surface area contributed by atoms with E-state index in [4.69, 9.17) is 4.74 Å². The second-order valence-electron chi connectivity index (χ2n) is 6.22. The standard InChI is InChI=1S/C17H20BrNO3/c1-9-7-14(20)13-8-15(22-16(13)10(9)2)17(21)19-12-5-3-11(18)4-6-12/h7-8,11-12,15H,3-6H2,1-2H3,(H,19,21). The molecule has 1 aliphatic heterocycles. The number of hydrogen-bond acceptors (Lipinski definition) is 3. The highest BCUT2D eigenvalue weighted by Gasteiger charge is 2.35. The van der Waals surface area contributed by atoms with E-state index < -0.39 is 6.10 Å². The molecule has 1 unspecified atom stereocenters. The molecule has 3 rings (SSSR count). The van der Waals surface area contributed by atoms with Gasteiger partial charge in [0.25, 0.3) is 5.91 Å². The van der Waals surface area contributed by atoms with Gasteiger partial charge in [0.1, 0.15) is 5.76 Å². The van der Waals surface area contributed by atoms with Gasteiger partial charge in [-0.1, -0.05) is 15.9 Å². The highest BCUT2D eigenvalue weighted by molar-refractivity contribution is 9.09. The SMILES string of the molecule is CC1=CC(=O)C2=CC(C(=O)NC3CCC(Br)CC3)OC2=C1C. The van der Waals surface area contributed by atoms with E-state index in [-0.39, 0.29) is 17.7 Å². The molecule has 1 heterocycles. The normalized spacial score (nSPS) is 31.2. The Kier molecular flexibility index (Phi) is 4.26. The van der Waals surface area contributed by atoms with Crippen LogP contribution in [0.15, 0.2) is 34.6 Å². The van der Waals surface area contributed by atoms with E-state index in [1.54, 1.807) is 12.2 Å². The lowest BCUT2D eigenvalue weighted by atomic mass is 9.94. The van der Waals surface area contributed by atoms with Crippen LogP contribution in [-0.2, 0) is 14.3 Å². The fraction of sp³-hybridized carbons (Fsp3) is 0.529. The second kappa shape index (κ2) is 6.03. The molecule has 1 saturated carbocycles. The van der Waals surface area contributed by atoms with Gasteiger partial charge >= 0.3 is 0 Å². The quantitative estimate of drug-likeness (QED) is 0.765. The molecular weight excluding hydrogens is 346 g/mol. The Labute approximate surface area is 138 Å². The van der Waals surface area contributed by atoms with Crippen LogP contribution in [0.4, 0.5) is 0 Å². The fourth-order valence-corrected chi connectivity index (χ4v) is 3.64. The van der Waals surface area contributed by atoms with Gasteiger partial charge in [-0.15, -0.1) is 0 Å². The fourth-order valence-electron chi connectivity index (χ4n) is 3.11. The van der Waals surface area contributed by atoms with Crippen molar-refractivity contribution in [3.63, 3.8) is 0 Å². The number of alkyl halides is 1. The molecule has 5 heteroatoms. The minimum absolute atomic E-state index is 0.0757. The summed E-state index contributed by atoms with van der Waals surface area (Å²) in [6.45, 7) is 3.80. The van der Waals surface area contributed by atoms with Crippen LogP contribution in [0, 0.1) is 0 Å². The number of hydrogen-bond donors (Lipinski definition) is 1. The van der Waals surface area contributed by atoms with Gasteiger partial charge in [0, 0.05) is 10.9 Å². The lowest BCUT2D eigenvalue weighted by Crippen LogP contribution is -2.42. The first-order valence-corrected chi connectivity index (χ1v) is 8.64. The maximum absolute atomic E-state index is 12.4. The molecule has 1 amide bonds. The Bertz CT molecular complexity index is 609. The van der Waals surface area contributed by atoms with Gasteiger partial charge in [-0.3, -0.25) is 9.59 Å². The number of carbonyl (C=O) groups excluding carboxylic acids is 2. The molecule has 3 aliphatic rings. The van der Waals surface area contributed by atoms with Crippen LogP contribution in [-0.4, -0.2) is 28.7 Å². The van der Waals surface area contributed by atoms with Crippen molar-refractivity contribution in [2.45, 2.75) is 56.5 Å². The van der Waals surface area contributed by atoms with Crippen molar-refractivity contribution in [2.75, 3.05) is 0 Å². The predicted octanol–water partition coefficient (Wildman–Crippen LogP) is 2.94. The largest absolute Gasteiger partial charge is 0.475 e. The van der Waals surface area contributed by atoms with Gasteiger partial charge < -0.3 is 10.1 Å². The number of carbonyl (C=O) groups is 2. The summed E-state index contributed by atoms with van der Waals surface area (Å²) < 4.78 is 5.75. The summed E-state index contributed by atoms with van der Waals surface area (Å²) in [5, 5.41) is 3.05. The lowest BCUT2D eigenvalue weighted by molar-refractivity contribution is -0.128. The van der Waals surface area contributed by atoms with Crippen LogP contribution < -0.4 is 5.32 Å². The van der Waals surface area contributed by atoms with Crippen LogP contribution in [0.25, 0.3) is 0 Å². The summed E-state index contributed by atoms with van der Waals surface area (Å²) in [5.41, 5.74) is 2.35. The van der Waals surface area contributed by atoms with Gasteiger partial charge in [0.2, 0.25) is 0 Å². The van der Waals surface area contributed by atoms with E-state index in [9.17, 15) is 9.59 Å². The van der Waals surface area contributed by atoms with E-state index in [1.165, 1.54) is 0 Å². The molecule has 4 nitrogen and oxygen atoms in total. The Morgan fingerprint density at radius 3 is 2.64 bits per heavy atom. The Hall–Kier alpha value is -1.36. The van der Waals surface area contributed by atoms with E-state index in [0.717, 1.165) is 36.8 Å². The maximum atomic E-state index is 12.4. The van der Waals surface area contributed by atoms with Gasteiger partial charge in [0.05, 0.1) is 5.57 Å². The topological polar surface area (TPSA) is 55.4 Å². The van der Waals surface area contributed by atoms with Gasteiger partial charge in [-0.25, -0.2) is 0 Å². The van der Waals surface area contributed by atoms with Crippen LogP contribution in [0.3, 0.4) is 0 Å². The van der Waals surface area contributed by atoms with Gasteiger partial charge in [0.15, 0.2) is 11.9 Å². The van der Waals surface area contributed by atoms with E-state index in [0.29, 0.717) is 16.2 Å². The zero-order valence-corrected chi connectivity index (χ0v) is 14.4. The van der Waals surface area contributed by atoms with Crippen molar-refractivity contribution in [2.24, 2.45) is 0 Å². The van der Waals surface area contributed by atoms with Crippen molar-refractivity contribution < 1.29 is 14.3 Å². The molecule has 0 aromatic heterocycles. The first-order chi connectivity index (χ1) is 10.5. The average molecular weight is 366 g/mol. The number of ketones is 1. The first kappa shape index (κ1) is 15.5. The third kappa shape index (κ3) is 2.91. The zero-order valence-electron chi connectivity index (χ0n) is 12.8. The summed E-state index contributed by atoms with van der Waals surface area (Å²) in [7, 11) is 0. The molecule has 22 heavy (non-hydrogen) atoms. The summed E-state index contributed by atoms with van der Waals surface area (Å²) in [6.07, 6.45) is 6.66. The molecule has 0 aromatic carbocycles. The summed E-state index contributed by atoms with van der Waals surface area (Å²) >= 11 is 3.61. The second-order valence-corrected chi connectivity index (χ2v) is 7.52. The van der Waals surface area contributed by atoms with E-state index in [2.05, 4.69) is 21.2 Å². The van der Waals surface area contributed by atoms with Crippen LogP contribution in [0.1, 0.15) is 39.5 Å². The third-order valence-corrected chi connectivity index (χ3v) is 5.53. The number of rotatable bonds is 2. The van der Waals surface area contributed by atoms with E-state index in [1.807, 2.05) is 13.8 Å². The van der Waals surface area contributed by atoms with Crippen molar-refractivity contribution >= 4 is 27.6 Å². The van der Waals surface area contributed by atoms with Crippen molar-refractivity contribution in [3.05, 3.63) is 34.6 Å². The van der Waals surface area contributed by atoms with Crippen molar-refractivity contribution in [1.82, 2.24) is 5.32 Å². The highest BCUT2D eigenvalue weighted by Crippen LogP contribution is 2.34. The number of nitrogens with one attached hydrogen (secondary N) is 1. The monoisotopic (exact) mass is 365 g/mol. The zero-order chi connectivity index (χ0) is 15.9. The minimum Gasteiger partial charge on any atom is -0.475 e. The third-order valence-electron chi connectivity index (χ3n) is 4.61.